The standard InChI is InChI=1S/C69H130O6/c1-4-7-10-13-16-19-22-25-28-31-34-35-36-39-41-44-47-50-53-56-59-62-68(71)74-65-66(75-69(72)63-60-57-54-51-48-45-42-38-33-30-27-24-21-18-15-12-9-6-3)64-73-67(70)61-58-55-52-49-46-43-40-37-32-29-26-23-20-17-14-11-8-5-2/h22,25,31,34,66H,4-21,23-24,26-30,32-33,35-65H2,1-3H3/b25-22-,34-31-. The van der Waals surface area contributed by atoms with Crippen LogP contribution in [-0.4, -0.2) is 37.2 Å². The third kappa shape index (κ3) is 62.6. The van der Waals surface area contributed by atoms with Crippen molar-refractivity contribution in [3.05, 3.63) is 24.3 Å². The van der Waals surface area contributed by atoms with Gasteiger partial charge >= 0.3 is 17.9 Å². The maximum atomic E-state index is 12.9. The van der Waals surface area contributed by atoms with Gasteiger partial charge in [-0.1, -0.05) is 334 Å². The number of rotatable bonds is 63. The summed E-state index contributed by atoms with van der Waals surface area (Å²) in [6.07, 6.45) is 77.6. The predicted molar refractivity (Wildman–Crippen MR) is 326 cm³/mol. The number of hydrogen-bond acceptors (Lipinski definition) is 6. The van der Waals surface area contributed by atoms with Gasteiger partial charge in [0.1, 0.15) is 13.2 Å². The van der Waals surface area contributed by atoms with Crippen LogP contribution in [0, 0.1) is 0 Å². The molecule has 0 radical (unpaired) electrons. The van der Waals surface area contributed by atoms with Gasteiger partial charge < -0.3 is 14.2 Å². The molecule has 0 saturated heterocycles. The minimum atomic E-state index is -0.769. The summed E-state index contributed by atoms with van der Waals surface area (Å²) in [6.45, 7) is 6.71. The van der Waals surface area contributed by atoms with Crippen LogP contribution in [0.5, 0.6) is 0 Å². The highest BCUT2D eigenvalue weighted by molar-refractivity contribution is 5.71. The fourth-order valence-corrected chi connectivity index (χ4v) is 10.4. The summed E-state index contributed by atoms with van der Waals surface area (Å²) in [5, 5.41) is 0. The lowest BCUT2D eigenvalue weighted by atomic mass is 10.0. The van der Waals surface area contributed by atoms with E-state index in [0.717, 1.165) is 64.2 Å². The maximum absolute atomic E-state index is 12.9. The van der Waals surface area contributed by atoms with E-state index in [1.54, 1.807) is 0 Å². The summed E-state index contributed by atoms with van der Waals surface area (Å²) >= 11 is 0. The Labute approximate surface area is 468 Å². The fourth-order valence-electron chi connectivity index (χ4n) is 10.4. The highest BCUT2D eigenvalue weighted by Gasteiger charge is 2.19. The second-order valence-electron chi connectivity index (χ2n) is 23.1. The van der Waals surface area contributed by atoms with Crippen molar-refractivity contribution in [2.24, 2.45) is 0 Å². The van der Waals surface area contributed by atoms with Crippen LogP contribution in [0.25, 0.3) is 0 Å². The molecule has 1 atom stereocenters. The lowest BCUT2D eigenvalue weighted by Gasteiger charge is -2.18. The van der Waals surface area contributed by atoms with Crippen molar-refractivity contribution in [1.29, 1.82) is 0 Å². The van der Waals surface area contributed by atoms with Crippen LogP contribution in [0.15, 0.2) is 24.3 Å². The Hall–Kier alpha value is -2.11. The van der Waals surface area contributed by atoms with E-state index < -0.39 is 6.10 Å². The quantitative estimate of drug-likeness (QED) is 0.0261. The van der Waals surface area contributed by atoms with E-state index in [9.17, 15) is 14.4 Å². The molecule has 0 aliphatic rings. The first-order valence-electron chi connectivity index (χ1n) is 33.8. The number of unbranched alkanes of at least 4 members (excludes halogenated alkanes) is 48. The van der Waals surface area contributed by atoms with E-state index in [0.29, 0.717) is 19.3 Å². The average Bonchev–Trinajstić information content (AvgIpc) is 3.41. The van der Waals surface area contributed by atoms with Crippen LogP contribution >= 0.6 is 0 Å². The Kier molecular flexibility index (Phi) is 62.6. The van der Waals surface area contributed by atoms with Gasteiger partial charge in [-0.2, -0.15) is 0 Å². The van der Waals surface area contributed by atoms with Crippen molar-refractivity contribution in [2.75, 3.05) is 13.2 Å². The molecule has 0 spiro atoms. The van der Waals surface area contributed by atoms with Crippen molar-refractivity contribution in [3.63, 3.8) is 0 Å². The number of carbonyl (C=O) groups excluding carboxylic acids is 3. The Bertz CT molecular complexity index is 1210. The molecule has 6 nitrogen and oxygen atoms in total. The molecule has 442 valence electrons. The minimum absolute atomic E-state index is 0.0658. The monoisotopic (exact) mass is 1050 g/mol. The molecule has 0 aromatic heterocycles. The molecule has 0 fully saturated rings. The van der Waals surface area contributed by atoms with E-state index in [1.165, 1.54) is 276 Å². The molecular weight excluding hydrogens is 925 g/mol. The van der Waals surface area contributed by atoms with Crippen molar-refractivity contribution in [1.82, 2.24) is 0 Å². The van der Waals surface area contributed by atoms with Crippen molar-refractivity contribution < 1.29 is 28.6 Å². The van der Waals surface area contributed by atoms with Gasteiger partial charge in [0.05, 0.1) is 0 Å². The summed E-state index contributed by atoms with van der Waals surface area (Å²) in [7, 11) is 0. The molecule has 0 aliphatic heterocycles. The van der Waals surface area contributed by atoms with Gasteiger partial charge in [-0.15, -0.1) is 0 Å². The van der Waals surface area contributed by atoms with Crippen LogP contribution in [-0.2, 0) is 28.6 Å². The summed E-state index contributed by atoms with van der Waals surface area (Å²) in [6, 6.07) is 0. The Morgan fingerprint density at radius 2 is 0.480 bits per heavy atom. The fraction of sp³-hybridized carbons (Fsp3) is 0.899. The minimum Gasteiger partial charge on any atom is -0.462 e. The van der Waals surface area contributed by atoms with Gasteiger partial charge in [-0.25, -0.2) is 0 Å². The third-order valence-corrected chi connectivity index (χ3v) is 15.5. The highest BCUT2D eigenvalue weighted by atomic mass is 16.6. The molecule has 0 aromatic carbocycles. The molecular formula is C69H130O6. The topological polar surface area (TPSA) is 78.9 Å². The van der Waals surface area contributed by atoms with E-state index in [4.69, 9.17) is 14.2 Å². The van der Waals surface area contributed by atoms with Gasteiger partial charge in [0, 0.05) is 19.3 Å². The molecule has 1 unspecified atom stereocenters. The van der Waals surface area contributed by atoms with Crippen LogP contribution in [0.1, 0.15) is 380 Å². The highest BCUT2D eigenvalue weighted by Crippen LogP contribution is 2.18. The average molecular weight is 1060 g/mol. The van der Waals surface area contributed by atoms with E-state index >= 15 is 0 Å². The zero-order valence-electron chi connectivity index (χ0n) is 50.8. The zero-order valence-corrected chi connectivity index (χ0v) is 50.8. The summed E-state index contributed by atoms with van der Waals surface area (Å²) in [5.74, 6) is -0.838. The van der Waals surface area contributed by atoms with Gasteiger partial charge in [-0.3, -0.25) is 14.4 Å². The normalized spacial score (nSPS) is 12.1. The van der Waals surface area contributed by atoms with Crippen LogP contribution in [0.2, 0.25) is 0 Å². The molecule has 0 bridgehead atoms. The lowest BCUT2D eigenvalue weighted by molar-refractivity contribution is -0.167. The van der Waals surface area contributed by atoms with Crippen molar-refractivity contribution in [2.45, 2.75) is 386 Å². The molecule has 0 aliphatic carbocycles. The van der Waals surface area contributed by atoms with Crippen molar-refractivity contribution >= 4 is 17.9 Å². The molecule has 0 rings (SSSR count). The predicted octanol–water partition coefficient (Wildman–Crippen LogP) is 23.0. The third-order valence-electron chi connectivity index (χ3n) is 15.5. The van der Waals surface area contributed by atoms with Crippen LogP contribution in [0.4, 0.5) is 0 Å². The van der Waals surface area contributed by atoms with Crippen LogP contribution < -0.4 is 0 Å². The first kappa shape index (κ1) is 72.9. The van der Waals surface area contributed by atoms with Gasteiger partial charge in [0.15, 0.2) is 6.10 Å². The van der Waals surface area contributed by atoms with E-state index in [2.05, 4.69) is 45.1 Å². The number of allylic oxidation sites excluding steroid dienone is 4. The summed E-state index contributed by atoms with van der Waals surface area (Å²) in [4.78, 5) is 38.4. The number of ether oxygens (including phenoxy) is 3. The molecule has 0 heterocycles. The maximum Gasteiger partial charge on any atom is 0.306 e. The first-order valence-corrected chi connectivity index (χ1v) is 33.8. The Balaban J connectivity index is 4.31. The van der Waals surface area contributed by atoms with Gasteiger partial charge in [-0.05, 0) is 51.4 Å². The molecule has 6 heteroatoms. The largest absolute Gasteiger partial charge is 0.462 e. The number of hydrogen-bond donors (Lipinski definition) is 0. The van der Waals surface area contributed by atoms with Crippen molar-refractivity contribution in [3.8, 4) is 0 Å². The molecule has 0 saturated carbocycles. The second kappa shape index (κ2) is 64.4. The zero-order chi connectivity index (χ0) is 54.3. The van der Waals surface area contributed by atoms with Gasteiger partial charge in [0.2, 0.25) is 0 Å². The first-order chi connectivity index (χ1) is 37.0. The molecule has 75 heavy (non-hydrogen) atoms. The van der Waals surface area contributed by atoms with E-state index in [1.807, 2.05) is 0 Å². The number of esters is 3. The number of carbonyl (C=O) groups is 3. The summed E-state index contributed by atoms with van der Waals surface area (Å²) < 4.78 is 17.0. The Morgan fingerprint density at radius 3 is 0.733 bits per heavy atom. The van der Waals surface area contributed by atoms with Gasteiger partial charge in [0.25, 0.3) is 0 Å². The van der Waals surface area contributed by atoms with Crippen LogP contribution in [0.3, 0.4) is 0 Å². The molecule has 0 aromatic rings. The lowest BCUT2D eigenvalue weighted by Crippen LogP contribution is -2.30. The smallest absolute Gasteiger partial charge is 0.306 e. The Morgan fingerprint density at radius 1 is 0.267 bits per heavy atom. The summed E-state index contributed by atoms with van der Waals surface area (Å²) in [5.41, 5.74) is 0. The SMILES string of the molecule is CCCCCCC/C=C\C/C=C\CCCCCCCCCCCC(=O)OCC(COC(=O)CCCCCCCCCCCCCCCCCCCC)OC(=O)CCCCCCCCCCCCCCCCCCCC. The molecule has 0 amide bonds. The molecule has 0 N–H and O–H groups in total. The second-order valence-corrected chi connectivity index (χ2v) is 23.1. The van der Waals surface area contributed by atoms with E-state index in [-0.39, 0.29) is 31.1 Å².